The summed E-state index contributed by atoms with van der Waals surface area (Å²) in [7, 11) is 0. The molecule has 1 heterocycles. The molecule has 0 aliphatic carbocycles. The third kappa shape index (κ3) is 3.48. The third-order valence-corrected chi connectivity index (χ3v) is 5.09. The molecule has 6 heteroatoms. The van der Waals surface area contributed by atoms with Crippen LogP contribution in [0.4, 0.5) is 0 Å². The van der Waals surface area contributed by atoms with Gasteiger partial charge in [-0.05, 0) is 56.5 Å². The first kappa shape index (κ1) is 15.2. The van der Waals surface area contributed by atoms with E-state index in [4.69, 9.17) is 23.2 Å². The SMILES string of the molecule is CCCc1c(Cl)nc(-c2ccc(Br)c(Br)c2)nc1Cl. The second-order valence-electron chi connectivity index (χ2n) is 3.99. The van der Waals surface area contributed by atoms with Crippen LogP contribution in [0.3, 0.4) is 0 Å². The fourth-order valence-electron chi connectivity index (χ4n) is 1.65. The Bertz CT molecular complexity index is 595. The van der Waals surface area contributed by atoms with Gasteiger partial charge in [-0.1, -0.05) is 36.5 Å². The van der Waals surface area contributed by atoms with Gasteiger partial charge in [0.25, 0.3) is 0 Å². The Hall–Kier alpha value is -0.160. The molecule has 100 valence electrons. The van der Waals surface area contributed by atoms with E-state index in [1.807, 2.05) is 18.2 Å². The number of halogens is 4. The monoisotopic (exact) mass is 422 g/mol. The first-order chi connectivity index (χ1) is 9.02. The van der Waals surface area contributed by atoms with Crippen molar-refractivity contribution in [3.63, 3.8) is 0 Å². The number of hydrogen-bond donors (Lipinski definition) is 0. The summed E-state index contributed by atoms with van der Waals surface area (Å²) >= 11 is 19.2. The molecule has 19 heavy (non-hydrogen) atoms. The summed E-state index contributed by atoms with van der Waals surface area (Å²) < 4.78 is 1.90. The van der Waals surface area contributed by atoms with Crippen molar-refractivity contribution in [3.05, 3.63) is 43.0 Å². The van der Waals surface area contributed by atoms with E-state index in [1.54, 1.807) is 0 Å². The van der Waals surface area contributed by atoms with E-state index in [0.717, 1.165) is 32.9 Å². The summed E-state index contributed by atoms with van der Waals surface area (Å²) in [4.78, 5) is 8.65. The lowest BCUT2D eigenvalue weighted by Crippen LogP contribution is -1.97. The highest BCUT2D eigenvalue weighted by Crippen LogP contribution is 2.30. The summed E-state index contributed by atoms with van der Waals surface area (Å²) in [6.07, 6.45) is 1.73. The van der Waals surface area contributed by atoms with Crippen molar-refractivity contribution in [3.8, 4) is 11.4 Å². The van der Waals surface area contributed by atoms with Crippen LogP contribution in [0.25, 0.3) is 11.4 Å². The minimum absolute atomic E-state index is 0.427. The first-order valence-corrected chi connectivity index (χ1v) is 8.04. The Morgan fingerprint density at radius 1 is 1.05 bits per heavy atom. The maximum absolute atomic E-state index is 6.18. The number of nitrogens with zero attached hydrogens (tertiary/aromatic N) is 2. The van der Waals surface area contributed by atoms with Gasteiger partial charge in [0.15, 0.2) is 5.82 Å². The van der Waals surface area contributed by atoms with Gasteiger partial charge in [0.05, 0.1) is 0 Å². The molecule has 1 aromatic heterocycles. The zero-order chi connectivity index (χ0) is 14.0. The maximum atomic E-state index is 6.18. The van der Waals surface area contributed by atoms with E-state index in [-0.39, 0.29) is 0 Å². The number of rotatable bonds is 3. The van der Waals surface area contributed by atoms with E-state index in [0.29, 0.717) is 16.1 Å². The van der Waals surface area contributed by atoms with E-state index in [2.05, 4.69) is 48.8 Å². The van der Waals surface area contributed by atoms with Crippen molar-refractivity contribution in [2.45, 2.75) is 19.8 Å². The van der Waals surface area contributed by atoms with Crippen molar-refractivity contribution < 1.29 is 0 Å². The predicted molar refractivity (Wildman–Crippen MR) is 86.9 cm³/mol. The standard InChI is InChI=1S/C13H10Br2Cl2N2/c1-2-3-8-11(16)18-13(19-12(8)17)7-4-5-9(14)10(15)6-7/h4-6H,2-3H2,1H3. The van der Waals surface area contributed by atoms with Crippen molar-refractivity contribution >= 4 is 55.1 Å². The van der Waals surface area contributed by atoms with Crippen molar-refractivity contribution in [2.75, 3.05) is 0 Å². The van der Waals surface area contributed by atoms with Gasteiger partial charge in [0.1, 0.15) is 10.3 Å². The van der Waals surface area contributed by atoms with Crippen LogP contribution >= 0.6 is 55.1 Å². The molecule has 2 aromatic rings. The molecule has 1 aromatic carbocycles. The van der Waals surface area contributed by atoms with Gasteiger partial charge in [0, 0.05) is 20.1 Å². The number of aromatic nitrogens is 2. The molecule has 0 amide bonds. The minimum Gasteiger partial charge on any atom is -0.216 e. The largest absolute Gasteiger partial charge is 0.216 e. The zero-order valence-electron chi connectivity index (χ0n) is 10.1. The molecule has 0 saturated heterocycles. The topological polar surface area (TPSA) is 25.8 Å². The molecule has 0 aliphatic rings. The van der Waals surface area contributed by atoms with E-state index < -0.39 is 0 Å². The second kappa shape index (κ2) is 6.53. The molecule has 0 N–H and O–H groups in total. The lowest BCUT2D eigenvalue weighted by Gasteiger charge is -2.08. The van der Waals surface area contributed by atoms with Gasteiger partial charge < -0.3 is 0 Å². The molecule has 0 spiro atoms. The van der Waals surface area contributed by atoms with Gasteiger partial charge >= 0.3 is 0 Å². The fraction of sp³-hybridized carbons (Fsp3) is 0.231. The van der Waals surface area contributed by atoms with Crippen LogP contribution in [0, 0.1) is 0 Å². The molecule has 2 rings (SSSR count). The lowest BCUT2D eigenvalue weighted by molar-refractivity contribution is 0.903. The van der Waals surface area contributed by atoms with Crippen molar-refractivity contribution in [2.24, 2.45) is 0 Å². The predicted octanol–water partition coefficient (Wildman–Crippen LogP) is 5.93. The highest BCUT2D eigenvalue weighted by atomic mass is 79.9. The Morgan fingerprint density at radius 3 is 2.21 bits per heavy atom. The third-order valence-electron chi connectivity index (χ3n) is 2.58. The Morgan fingerprint density at radius 2 is 1.68 bits per heavy atom. The summed E-state index contributed by atoms with van der Waals surface area (Å²) in [6, 6.07) is 5.76. The van der Waals surface area contributed by atoms with Gasteiger partial charge in [-0.25, -0.2) is 9.97 Å². The van der Waals surface area contributed by atoms with E-state index >= 15 is 0 Å². The highest BCUT2D eigenvalue weighted by Gasteiger charge is 2.12. The van der Waals surface area contributed by atoms with Crippen LogP contribution in [0.2, 0.25) is 10.3 Å². The summed E-state index contributed by atoms with van der Waals surface area (Å²) in [6.45, 7) is 2.06. The molecule has 0 saturated carbocycles. The van der Waals surface area contributed by atoms with Crippen LogP contribution in [0.15, 0.2) is 27.1 Å². The van der Waals surface area contributed by atoms with Crippen LogP contribution in [-0.2, 0) is 6.42 Å². The molecule has 0 aliphatic heterocycles. The first-order valence-electron chi connectivity index (χ1n) is 5.70. The van der Waals surface area contributed by atoms with E-state index in [9.17, 15) is 0 Å². The number of benzene rings is 1. The highest BCUT2D eigenvalue weighted by molar-refractivity contribution is 9.13. The van der Waals surface area contributed by atoms with Crippen molar-refractivity contribution in [1.29, 1.82) is 0 Å². The fourth-order valence-corrected chi connectivity index (χ4v) is 2.85. The molecular weight excluding hydrogens is 415 g/mol. The van der Waals surface area contributed by atoms with Gasteiger partial charge in [0.2, 0.25) is 0 Å². The molecule has 0 fully saturated rings. The molecule has 2 nitrogen and oxygen atoms in total. The Labute approximate surface area is 138 Å². The maximum Gasteiger partial charge on any atom is 0.162 e. The average Bonchev–Trinajstić information content (AvgIpc) is 2.37. The smallest absolute Gasteiger partial charge is 0.162 e. The Balaban J connectivity index is 2.48. The molecule has 0 atom stereocenters. The second-order valence-corrected chi connectivity index (χ2v) is 6.41. The van der Waals surface area contributed by atoms with Gasteiger partial charge in [-0.2, -0.15) is 0 Å². The van der Waals surface area contributed by atoms with Crippen LogP contribution < -0.4 is 0 Å². The molecule has 0 unspecified atom stereocenters. The van der Waals surface area contributed by atoms with Gasteiger partial charge in [-0.15, -0.1) is 0 Å². The zero-order valence-corrected chi connectivity index (χ0v) is 14.7. The molecule has 0 bridgehead atoms. The lowest BCUT2D eigenvalue weighted by atomic mass is 10.2. The van der Waals surface area contributed by atoms with Crippen LogP contribution in [0.1, 0.15) is 18.9 Å². The Kier molecular flexibility index (Phi) is 5.23. The average molecular weight is 425 g/mol. The molecular formula is C13H10Br2Cl2N2. The van der Waals surface area contributed by atoms with Crippen LogP contribution in [0.5, 0.6) is 0 Å². The summed E-state index contributed by atoms with van der Waals surface area (Å²) in [5.41, 5.74) is 1.67. The summed E-state index contributed by atoms with van der Waals surface area (Å²) in [5, 5.41) is 0.854. The van der Waals surface area contributed by atoms with Gasteiger partial charge in [-0.3, -0.25) is 0 Å². The van der Waals surface area contributed by atoms with E-state index in [1.165, 1.54) is 0 Å². The molecule has 0 radical (unpaired) electrons. The quantitative estimate of drug-likeness (QED) is 0.571. The normalized spacial score (nSPS) is 10.8. The van der Waals surface area contributed by atoms with Crippen molar-refractivity contribution in [1.82, 2.24) is 9.97 Å². The summed E-state index contributed by atoms with van der Waals surface area (Å²) in [5.74, 6) is 0.531. The number of hydrogen-bond acceptors (Lipinski definition) is 2. The minimum atomic E-state index is 0.427. The van der Waals surface area contributed by atoms with Crippen LogP contribution in [-0.4, -0.2) is 9.97 Å².